The molecule has 1 aromatic carbocycles. The van der Waals surface area contributed by atoms with Gasteiger partial charge in [-0.1, -0.05) is 39.7 Å². The molecule has 2 rings (SSSR count). The SMILES string of the molecule is Cc1ccc(C)c(CC(Br)C2CCOC2)c1. The van der Waals surface area contributed by atoms with Crippen LogP contribution in [0.15, 0.2) is 18.2 Å². The summed E-state index contributed by atoms with van der Waals surface area (Å²) in [6, 6.07) is 6.70. The second-order valence-electron chi connectivity index (χ2n) is 4.77. The van der Waals surface area contributed by atoms with Crippen LogP contribution in [-0.4, -0.2) is 18.0 Å². The van der Waals surface area contributed by atoms with E-state index in [0.29, 0.717) is 10.7 Å². The van der Waals surface area contributed by atoms with Crippen molar-refractivity contribution < 1.29 is 4.74 Å². The molecule has 2 heteroatoms. The highest BCUT2D eigenvalue weighted by Gasteiger charge is 2.24. The van der Waals surface area contributed by atoms with Crippen molar-refractivity contribution in [2.75, 3.05) is 13.2 Å². The number of benzene rings is 1. The van der Waals surface area contributed by atoms with Gasteiger partial charge in [0, 0.05) is 11.4 Å². The number of hydrogen-bond acceptors (Lipinski definition) is 1. The van der Waals surface area contributed by atoms with Crippen LogP contribution in [0.4, 0.5) is 0 Å². The number of hydrogen-bond donors (Lipinski definition) is 0. The fraction of sp³-hybridized carbons (Fsp3) is 0.571. The van der Waals surface area contributed by atoms with E-state index in [1.54, 1.807) is 0 Å². The zero-order valence-corrected chi connectivity index (χ0v) is 11.6. The van der Waals surface area contributed by atoms with Gasteiger partial charge in [0.25, 0.3) is 0 Å². The molecular weight excluding hydrogens is 264 g/mol. The Morgan fingerprint density at radius 2 is 2.25 bits per heavy atom. The molecule has 1 heterocycles. The summed E-state index contributed by atoms with van der Waals surface area (Å²) >= 11 is 3.82. The molecule has 2 atom stereocenters. The van der Waals surface area contributed by atoms with E-state index in [1.165, 1.54) is 23.1 Å². The van der Waals surface area contributed by atoms with Gasteiger partial charge in [-0.15, -0.1) is 0 Å². The Labute approximate surface area is 106 Å². The second-order valence-corrected chi connectivity index (χ2v) is 5.95. The van der Waals surface area contributed by atoms with Crippen LogP contribution in [-0.2, 0) is 11.2 Å². The van der Waals surface area contributed by atoms with Gasteiger partial charge >= 0.3 is 0 Å². The molecule has 1 aliphatic heterocycles. The lowest BCUT2D eigenvalue weighted by atomic mass is 9.95. The van der Waals surface area contributed by atoms with Crippen LogP contribution in [0.3, 0.4) is 0 Å². The van der Waals surface area contributed by atoms with E-state index in [2.05, 4.69) is 48.0 Å². The molecule has 0 N–H and O–H groups in total. The number of ether oxygens (including phenoxy) is 1. The topological polar surface area (TPSA) is 9.23 Å². The van der Waals surface area contributed by atoms with Crippen molar-refractivity contribution in [2.45, 2.75) is 31.5 Å². The third-order valence-electron chi connectivity index (χ3n) is 3.40. The van der Waals surface area contributed by atoms with Gasteiger partial charge in [-0.2, -0.15) is 0 Å². The van der Waals surface area contributed by atoms with Crippen molar-refractivity contribution in [1.29, 1.82) is 0 Å². The molecule has 0 radical (unpaired) electrons. The summed E-state index contributed by atoms with van der Waals surface area (Å²) in [4.78, 5) is 0.551. The van der Waals surface area contributed by atoms with E-state index in [-0.39, 0.29) is 0 Å². The van der Waals surface area contributed by atoms with Crippen molar-refractivity contribution in [2.24, 2.45) is 5.92 Å². The molecule has 0 saturated carbocycles. The first-order chi connectivity index (χ1) is 7.66. The van der Waals surface area contributed by atoms with Crippen molar-refractivity contribution in [3.8, 4) is 0 Å². The maximum atomic E-state index is 5.44. The quantitative estimate of drug-likeness (QED) is 0.769. The number of rotatable bonds is 3. The molecular formula is C14H19BrO. The van der Waals surface area contributed by atoms with E-state index in [9.17, 15) is 0 Å². The summed E-state index contributed by atoms with van der Waals surface area (Å²) in [6.07, 6.45) is 2.31. The van der Waals surface area contributed by atoms with Gasteiger partial charge < -0.3 is 4.74 Å². The van der Waals surface area contributed by atoms with Crippen molar-refractivity contribution in [3.63, 3.8) is 0 Å². The van der Waals surface area contributed by atoms with Crippen LogP contribution in [0.1, 0.15) is 23.1 Å². The summed E-state index contributed by atoms with van der Waals surface area (Å²) in [7, 11) is 0. The maximum absolute atomic E-state index is 5.44. The van der Waals surface area contributed by atoms with E-state index < -0.39 is 0 Å². The van der Waals surface area contributed by atoms with Gasteiger partial charge in [0.05, 0.1) is 6.61 Å². The summed E-state index contributed by atoms with van der Waals surface area (Å²) in [6.45, 7) is 6.20. The van der Waals surface area contributed by atoms with Crippen LogP contribution in [0.5, 0.6) is 0 Å². The van der Waals surface area contributed by atoms with Crippen LogP contribution in [0.25, 0.3) is 0 Å². The van der Waals surface area contributed by atoms with E-state index in [1.807, 2.05) is 0 Å². The highest BCUT2D eigenvalue weighted by molar-refractivity contribution is 9.09. The molecule has 1 fully saturated rings. The Bertz CT molecular complexity index is 356. The standard InChI is InChI=1S/C14H19BrO/c1-10-3-4-11(2)13(7-10)8-14(15)12-5-6-16-9-12/h3-4,7,12,14H,5-6,8-9H2,1-2H3. The fourth-order valence-electron chi connectivity index (χ4n) is 2.23. The van der Waals surface area contributed by atoms with Crippen molar-refractivity contribution in [1.82, 2.24) is 0 Å². The van der Waals surface area contributed by atoms with Crippen molar-refractivity contribution >= 4 is 15.9 Å². The van der Waals surface area contributed by atoms with Gasteiger partial charge in [-0.05, 0) is 43.7 Å². The minimum atomic E-state index is 0.551. The van der Waals surface area contributed by atoms with Crippen LogP contribution in [0.2, 0.25) is 0 Å². The second kappa shape index (κ2) is 5.33. The van der Waals surface area contributed by atoms with Gasteiger partial charge in [-0.3, -0.25) is 0 Å². The predicted molar refractivity (Wildman–Crippen MR) is 71.3 cm³/mol. The monoisotopic (exact) mass is 282 g/mol. The summed E-state index contributed by atoms with van der Waals surface area (Å²) in [5.74, 6) is 0.680. The zero-order valence-electron chi connectivity index (χ0n) is 10.0. The minimum Gasteiger partial charge on any atom is -0.381 e. The molecule has 1 nitrogen and oxygen atoms in total. The lowest BCUT2D eigenvalue weighted by Gasteiger charge is -2.17. The van der Waals surface area contributed by atoms with Crippen molar-refractivity contribution in [3.05, 3.63) is 34.9 Å². The Morgan fingerprint density at radius 3 is 2.94 bits per heavy atom. The molecule has 0 amide bonds. The molecule has 1 aliphatic rings. The lowest BCUT2D eigenvalue weighted by molar-refractivity contribution is 0.185. The number of halogens is 1. The molecule has 16 heavy (non-hydrogen) atoms. The zero-order chi connectivity index (χ0) is 11.5. The minimum absolute atomic E-state index is 0.551. The van der Waals surface area contributed by atoms with E-state index in [4.69, 9.17) is 4.74 Å². The van der Waals surface area contributed by atoms with E-state index in [0.717, 1.165) is 19.6 Å². The first-order valence-corrected chi connectivity index (χ1v) is 6.86. The van der Waals surface area contributed by atoms with Crippen LogP contribution < -0.4 is 0 Å². The fourth-order valence-corrected chi connectivity index (χ4v) is 3.00. The molecule has 88 valence electrons. The molecule has 1 saturated heterocycles. The Balaban J connectivity index is 2.04. The average Bonchev–Trinajstić information content (AvgIpc) is 2.76. The molecule has 2 unspecified atom stereocenters. The largest absolute Gasteiger partial charge is 0.381 e. The Kier molecular flexibility index (Phi) is 4.04. The smallest absolute Gasteiger partial charge is 0.0505 e. The maximum Gasteiger partial charge on any atom is 0.0505 e. The van der Waals surface area contributed by atoms with Crippen LogP contribution in [0, 0.1) is 19.8 Å². The molecule has 0 aromatic heterocycles. The molecule has 0 spiro atoms. The number of aryl methyl sites for hydroxylation is 2. The highest BCUT2D eigenvalue weighted by Crippen LogP contribution is 2.26. The summed E-state index contributed by atoms with van der Waals surface area (Å²) in [5, 5.41) is 0. The van der Waals surface area contributed by atoms with Gasteiger partial charge in [0.2, 0.25) is 0 Å². The van der Waals surface area contributed by atoms with Crippen LogP contribution >= 0.6 is 15.9 Å². The Morgan fingerprint density at radius 1 is 1.44 bits per heavy atom. The Hall–Kier alpha value is -0.340. The normalized spacial score (nSPS) is 22.3. The lowest BCUT2D eigenvalue weighted by Crippen LogP contribution is -2.17. The van der Waals surface area contributed by atoms with Gasteiger partial charge in [-0.25, -0.2) is 0 Å². The molecule has 1 aromatic rings. The van der Waals surface area contributed by atoms with Gasteiger partial charge in [0.15, 0.2) is 0 Å². The third kappa shape index (κ3) is 2.86. The molecule has 0 bridgehead atoms. The summed E-state index contributed by atoms with van der Waals surface area (Å²) < 4.78 is 5.44. The first kappa shape index (κ1) is 12.1. The average molecular weight is 283 g/mol. The predicted octanol–water partition coefficient (Wildman–Crippen LogP) is 3.65. The molecule has 0 aliphatic carbocycles. The van der Waals surface area contributed by atoms with E-state index >= 15 is 0 Å². The number of alkyl halides is 1. The highest BCUT2D eigenvalue weighted by atomic mass is 79.9. The van der Waals surface area contributed by atoms with Gasteiger partial charge in [0.1, 0.15) is 0 Å². The third-order valence-corrected chi connectivity index (χ3v) is 4.47. The summed E-state index contributed by atoms with van der Waals surface area (Å²) in [5.41, 5.74) is 4.21. The first-order valence-electron chi connectivity index (χ1n) is 5.95.